The standard InChI is InChI=1S/C12H25NO/c1-11(2)10-12-6-4-7-13(12)8-5-9-14-3/h11-12H,4-10H2,1-3H3. The molecule has 1 fully saturated rings. The smallest absolute Gasteiger partial charge is 0.0474 e. The molecule has 1 rings (SSSR count). The summed E-state index contributed by atoms with van der Waals surface area (Å²) in [7, 11) is 1.79. The van der Waals surface area contributed by atoms with Crippen LogP contribution in [-0.2, 0) is 4.74 Å². The van der Waals surface area contributed by atoms with Gasteiger partial charge in [0, 0.05) is 26.3 Å². The lowest BCUT2D eigenvalue weighted by atomic mass is 10.0. The summed E-state index contributed by atoms with van der Waals surface area (Å²) in [5.41, 5.74) is 0. The summed E-state index contributed by atoms with van der Waals surface area (Å²) >= 11 is 0. The monoisotopic (exact) mass is 199 g/mol. The van der Waals surface area contributed by atoms with E-state index in [0.29, 0.717) is 0 Å². The van der Waals surface area contributed by atoms with Crippen molar-refractivity contribution >= 4 is 0 Å². The summed E-state index contributed by atoms with van der Waals surface area (Å²) in [6.45, 7) is 8.09. The van der Waals surface area contributed by atoms with Crippen molar-refractivity contribution in [2.24, 2.45) is 5.92 Å². The molecule has 14 heavy (non-hydrogen) atoms. The molecule has 0 radical (unpaired) electrons. The van der Waals surface area contributed by atoms with Gasteiger partial charge in [-0.3, -0.25) is 0 Å². The average molecular weight is 199 g/mol. The highest BCUT2D eigenvalue weighted by Crippen LogP contribution is 2.23. The van der Waals surface area contributed by atoms with E-state index in [1.807, 2.05) is 0 Å². The van der Waals surface area contributed by atoms with Gasteiger partial charge < -0.3 is 9.64 Å². The van der Waals surface area contributed by atoms with Crippen LogP contribution >= 0.6 is 0 Å². The van der Waals surface area contributed by atoms with Crippen LogP contribution in [0.2, 0.25) is 0 Å². The predicted molar refractivity (Wildman–Crippen MR) is 60.5 cm³/mol. The van der Waals surface area contributed by atoms with E-state index < -0.39 is 0 Å². The first-order valence-electron chi connectivity index (χ1n) is 5.97. The number of hydrogen-bond acceptors (Lipinski definition) is 2. The lowest BCUT2D eigenvalue weighted by Gasteiger charge is -2.25. The van der Waals surface area contributed by atoms with E-state index in [1.54, 1.807) is 7.11 Å². The Hall–Kier alpha value is -0.0800. The SMILES string of the molecule is COCCCN1CCCC1CC(C)C. The van der Waals surface area contributed by atoms with Gasteiger partial charge in [-0.05, 0) is 38.1 Å². The Balaban J connectivity index is 2.21. The molecule has 1 atom stereocenters. The summed E-state index contributed by atoms with van der Waals surface area (Å²) in [5.74, 6) is 0.836. The largest absolute Gasteiger partial charge is 0.385 e. The summed E-state index contributed by atoms with van der Waals surface area (Å²) in [6.07, 6.45) is 5.35. The Bertz CT molecular complexity index is 147. The zero-order valence-corrected chi connectivity index (χ0v) is 9.96. The van der Waals surface area contributed by atoms with Crippen molar-refractivity contribution in [3.63, 3.8) is 0 Å². The first-order valence-corrected chi connectivity index (χ1v) is 5.97. The topological polar surface area (TPSA) is 12.5 Å². The third-order valence-corrected chi connectivity index (χ3v) is 3.04. The van der Waals surface area contributed by atoms with E-state index in [-0.39, 0.29) is 0 Å². The Morgan fingerprint density at radius 3 is 2.86 bits per heavy atom. The van der Waals surface area contributed by atoms with Crippen LogP contribution in [0.4, 0.5) is 0 Å². The molecule has 1 aliphatic heterocycles. The van der Waals surface area contributed by atoms with Gasteiger partial charge >= 0.3 is 0 Å². The van der Waals surface area contributed by atoms with E-state index in [9.17, 15) is 0 Å². The minimum Gasteiger partial charge on any atom is -0.385 e. The van der Waals surface area contributed by atoms with Crippen molar-refractivity contribution in [3.05, 3.63) is 0 Å². The maximum atomic E-state index is 5.09. The van der Waals surface area contributed by atoms with Crippen molar-refractivity contribution in [3.8, 4) is 0 Å². The Morgan fingerprint density at radius 2 is 2.21 bits per heavy atom. The molecule has 1 unspecified atom stereocenters. The lowest BCUT2D eigenvalue weighted by molar-refractivity contribution is 0.161. The Kier molecular flexibility index (Phi) is 5.49. The zero-order valence-electron chi connectivity index (χ0n) is 9.96. The molecule has 0 aliphatic carbocycles. The number of rotatable bonds is 6. The minimum absolute atomic E-state index is 0.836. The number of hydrogen-bond donors (Lipinski definition) is 0. The highest BCUT2D eigenvalue weighted by Gasteiger charge is 2.24. The van der Waals surface area contributed by atoms with Crippen LogP contribution in [-0.4, -0.2) is 37.7 Å². The van der Waals surface area contributed by atoms with Gasteiger partial charge in [-0.15, -0.1) is 0 Å². The van der Waals surface area contributed by atoms with Crippen molar-refractivity contribution in [1.82, 2.24) is 4.90 Å². The van der Waals surface area contributed by atoms with Gasteiger partial charge in [-0.25, -0.2) is 0 Å². The molecular weight excluding hydrogens is 174 g/mol. The molecule has 1 aliphatic rings. The van der Waals surface area contributed by atoms with Gasteiger partial charge in [-0.2, -0.15) is 0 Å². The molecule has 2 nitrogen and oxygen atoms in total. The van der Waals surface area contributed by atoms with Crippen molar-refractivity contribution < 1.29 is 4.74 Å². The first kappa shape index (κ1) is 12.0. The van der Waals surface area contributed by atoms with Crippen LogP contribution in [0.5, 0.6) is 0 Å². The van der Waals surface area contributed by atoms with Crippen molar-refractivity contribution in [2.75, 3.05) is 26.8 Å². The van der Waals surface area contributed by atoms with Crippen LogP contribution in [0.3, 0.4) is 0 Å². The summed E-state index contributed by atoms with van der Waals surface area (Å²) < 4.78 is 5.09. The Labute approximate surface area is 88.6 Å². The van der Waals surface area contributed by atoms with E-state index in [2.05, 4.69) is 18.7 Å². The van der Waals surface area contributed by atoms with Gasteiger partial charge in [-0.1, -0.05) is 13.8 Å². The van der Waals surface area contributed by atoms with Crippen molar-refractivity contribution in [2.45, 2.75) is 45.6 Å². The van der Waals surface area contributed by atoms with E-state index in [0.717, 1.165) is 18.6 Å². The van der Waals surface area contributed by atoms with Crippen LogP contribution in [0.1, 0.15) is 39.5 Å². The lowest BCUT2D eigenvalue weighted by Crippen LogP contribution is -2.31. The number of nitrogens with zero attached hydrogens (tertiary/aromatic N) is 1. The van der Waals surface area contributed by atoms with Gasteiger partial charge in [0.2, 0.25) is 0 Å². The number of ether oxygens (including phenoxy) is 1. The quantitative estimate of drug-likeness (QED) is 0.610. The molecule has 0 saturated carbocycles. The van der Waals surface area contributed by atoms with Crippen LogP contribution in [0.15, 0.2) is 0 Å². The molecule has 0 spiro atoms. The molecule has 1 heterocycles. The maximum absolute atomic E-state index is 5.09. The van der Waals surface area contributed by atoms with Crippen LogP contribution < -0.4 is 0 Å². The molecule has 0 N–H and O–H groups in total. The normalized spacial score (nSPS) is 23.6. The second kappa shape index (κ2) is 6.41. The van der Waals surface area contributed by atoms with Gasteiger partial charge in [0.1, 0.15) is 0 Å². The molecule has 84 valence electrons. The van der Waals surface area contributed by atoms with Crippen LogP contribution in [0.25, 0.3) is 0 Å². The molecule has 0 aromatic carbocycles. The van der Waals surface area contributed by atoms with Gasteiger partial charge in [0.15, 0.2) is 0 Å². The van der Waals surface area contributed by atoms with Gasteiger partial charge in [0.05, 0.1) is 0 Å². The second-order valence-electron chi connectivity index (χ2n) is 4.81. The fourth-order valence-corrected chi connectivity index (χ4v) is 2.41. The molecule has 0 aromatic heterocycles. The number of methoxy groups -OCH3 is 1. The van der Waals surface area contributed by atoms with Gasteiger partial charge in [0.25, 0.3) is 0 Å². The molecule has 1 saturated heterocycles. The molecule has 2 heteroatoms. The van der Waals surface area contributed by atoms with E-state index in [1.165, 1.54) is 38.8 Å². The summed E-state index contributed by atoms with van der Waals surface area (Å²) in [5, 5.41) is 0. The first-order chi connectivity index (χ1) is 6.74. The highest BCUT2D eigenvalue weighted by molar-refractivity contribution is 4.79. The third kappa shape index (κ3) is 3.97. The highest BCUT2D eigenvalue weighted by atomic mass is 16.5. The Morgan fingerprint density at radius 1 is 1.43 bits per heavy atom. The third-order valence-electron chi connectivity index (χ3n) is 3.04. The fraction of sp³-hybridized carbons (Fsp3) is 1.00. The molecule has 0 bridgehead atoms. The molecule has 0 amide bonds. The minimum atomic E-state index is 0.836. The predicted octanol–water partition coefficient (Wildman–Crippen LogP) is 2.53. The number of likely N-dealkylation sites (tertiary alicyclic amines) is 1. The fourth-order valence-electron chi connectivity index (χ4n) is 2.41. The summed E-state index contributed by atoms with van der Waals surface area (Å²) in [4.78, 5) is 2.65. The second-order valence-corrected chi connectivity index (χ2v) is 4.81. The molecular formula is C12H25NO. The average Bonchev–Trinajstić information content (AvgIpc) is 2.52. The van der Waals surface area contributed by atoms with Crippen molar-refractivity contribution in [1.29, 1.82) is 0 Å². The van der Waals surface area contributed by atoms with E-state index >= 15 is 0 Å². The maximum Gasteiger partial charge on any atom is 0.0474 e. The van der Waals surface area contributed by atoms with Crippen LogP contribution in [0, 0.1) is 5.92 Å². The van der Waals surface area contributed by atoms with E-state index in [4.69, 9.17) is 4.74 Å². The zero-order chi connectivity index (χ0) is 10.4. The molecule has 0 aromatic rings. The summed E-state index contributed by atoms with van der Waals surface area (Å²) in [6, 6.07) is 0.854.